The topological polar surface area (TPSA) is 41.5 Å². The summed E-state index contributed by atoms with van der Waals surface area (Å²) in [7, 11) is 0. The summed E-state index contributed by atoms with van der Waals surface area (Å²) >= 11 is 0. The first-order valence-electron chi connectivity index (χ1n) is 7.94. The van der Waals surface area contributed by atoms with Crippen LogP contribution in [0.25, 0.3) is 0 Å². The van der Waals surface area contributed by atoms with Gasteiger partial charge in [0.1, 0.15) is 5.75 Å². The van der Waals surface area contributed by atoms with Gasteiger partial charge < -0.3 is 15.2 Å². The second-order valence-electron chi connectivity index (χ2n) is 6.10. The molecule has 0 radical (unpaired) electrons. The van der Waals surface area contributed by atoms with Gasteiger partial charge in [-0.3, -0.25) is 0 Å². The van der Waals surface area contributed by atoms with Gasteiger partial charge in [-0.25, -0.2) is 0 Å². The molecule has 20 heavy (non-hydrogen) atoms. The Morgan fingerprint density at radius 1 is 1.35 bits per heavy atom. The summed E-state index contributed by atoms with van der Waals surface area (Å²) < 4.78 is 5.76. The summed E-state index contributed by atoms with van der Waals surface area (Å²) in [5.41, 5.74) is 2.68. The van der Waals surface area contributed by atoms with Crippen molar-refractivity contribution >= 4 is 0 Å². The number of phenols is 1. The van der Waals surface area contributed by atoms with Crippen LogP contribution in [0, 0.1) is 5.92 Å². The molecule has 2 aliphatic rings. The van der Waals surface area contributed by atoms with Crippen molar-refractivity contribution in [2.45, 2.75) is 51.2 Å². The molecule has 0 amide bonds. The summed E-state index contributed by atoms with van der Waals surface area (Å²) in [6, 6.07) is 6.21. The van der Waals surface area contributed by atoms with Crippen LogP contribution in [0.15, 0.2) is 18.2 Å². The van der Waals surface area contributed by atoms with E-state index >= 15 is 0 Å². The average Bonchev–Trinajstić information content (AvgIpc) is 2.92. The second-order valence-corrected chi connectivity index (χ2v) is 6.10. The lowest BCUT2D eigenvalue weighted by Gasteiger charge is -2.28. The minimum absolute atomic E-state index is 0.382. The third-order valence-electron chi connectivity index (χ3n) is 4.82. The molecular formula is C17H25NO2. The Morgan fingerprint density at radius 3 is 3.10 bits per heavy atom. The molecule has 1 aliphatic heterocycles. The second kappa shape index (κ2) is 6.15. The van der Waals surface area contributed by atoms with Crippen LogP contribution in [-0.4, -0.2) is 24.4 Å². The Kier molecular flexibility index (Phi) is 4.27. The molecule has 0 bridgehead atoms. The van der Waals surface area contributed by atoms with Gasteiger partial charge >= 0.3 is 0 Å². The van der Waals surface area contributed by atoms with Crippen molar-refractivity contribution in [2.75, 3.05) is 13.2 Å². The molecule has 1 aromatic rings. The third-order valence-corrected chi connectivity index (χ3v) is 4.82. The van der Waals surface area contributed by atoms with Gasteiger partial charge in [-0.2, -0.15) is 0 Å². The van der Waals surface area contributed by atoms with Gasteiger partial charge in [0, 0.05) is 19.2 Å². The zero-order valence-electron chi connectivity index (χ0n) is 12.3. The number of rotatable bonds is 4. The minimum Gasteiger partial charge on any atom is -0.508 e. The molecule has 2 N–H and O–H groups in total. The van der Waals surface area contributed by atoms with Crippen LogP contribution >= 0.6 is 0 Å². The third kappa shape index (κ3) is 2.84. The average molecular weight is 275 g/mol. The molecule has 1 saturated heterocycles. The SMILES string of the molecule is CCC1OCCC1CNC1CCCc2ccc(O)cc21. The van der Waals surface area contributed by atoms with Crippen molar-refractivity contribution in [1.29, 1.82) is 0 Å². The van der Waals surface area contributed by atoms with Crippen molar-refractivity contribution in [3.63, 3.8) is 0 Å². The zero-order chi connectivity index (χ0) is 13.9. The quantitative estimate of drug-likeness (QED) is 0.887. The summed E-state index contributed by atoms with van der Waals surface area (Å²) in [5.74, 6) is 1.02. The molecule has 1 aromatic carbocycles. The van der Waals surface area contributed by atoms with E-state index in [2.05, 4.69) is 18.3 Å². The van der Waals surface area contributed by atoms with E-state index in [4.69, 9.17) is 4.74 Å². The zero-order valence-corrected chi connectivity index (χ0v) is 12.3. The monoisotopic (exact) mass is 275 g/mol. The van der Waals surface area contributed by atoms with Gasteiger partial charge in [0.05, 0.1) is 6.10 Å². The molecule has 3 atom stereocenters. The van der Waals surface area contributed by atoms with E-state index in [-0.39, 0.29) is 0 Å². The number of hydrogen-bond donors (Lipinski definition) is 2. The van der Waals surface area contributed by atoms with Crippen LogP contribution in [0.1, 0.15) is 49.8 Å². The van der Waals surface area contributed by atoms with Crippen molar-refractivity contribution in [1.82, 2.24) is 5.32 Å². The first-order valence-corrected chi connectivity index (χ1v) is 7.94. The highest BCUT2D eigenvalue weighted by atomic mass is 16.5. The van der Waals surface area contributed by atoms with Crippen molar-refractivity contribution < 1.29 is 9.84 Å². The van der Waals surface area contributed by atoms with Crippen molar-refractivity contribution in [3.8, 4) is 5.75 Å². The molecule has 3 heteroatoms. The maximum atomic E-state index is 9.72. The van der Waals surface area contributed by atoms with Crippen LogP contribution in [-0.2, 0) is 11.2 Å². The molecule has 0 spiro atoms. The Labute approximate surface area is 121 Å². The van der Waals surface area contributed by atoms with Gasteiger partial charge in [-0.05, 0) is 61.3 Å². The fourth-order valence-corrected chi connectivity index (χ4v) is 3.67. The molecule has 3 rings (SSSR count). The highest BCUT2D eigenvalue weighted by Crippen LogP contribution is 2.33. The molecule has 0 saturated carbocycles. The molecule has 110 valence electrons. The molecule has 1 aliphatic carbocycles. The van der Waals surface area contributed by atoms with Crippen LogP contribution in [0.2, 0.25) is 0 Å². The summed E-state index contributed by atoms with van der Waals surface area (Å²) in [5, 5.41) is 13.4. The fraction of sp³-hybridized carbons (Fsp3) is 0.647. The van der Waals surface area contributed by atoms with Crippen LogP contribution in [0.5, 0.6) is 5.75 Å². The number of fused-ring (bicyclic) bond motifs is 1. The molecule has 3 nitrogen and oxygen atoms in total. The Morgan fingerprint density at radius 2 is 2.25 bits per heavy atom. The molecule has 1 fully saturated rings. The number of ether oxygens (including phenoxy) is 1. The largest absolute Gasteiger partial charge is 0.508 e. The molecular weight excluding hydrogens is 250 g/mol. The van der Waals surface area contributed by atoms with E-state index in [0.29, 0.717) is 23.8 Å². The van der Waals surface area contributed by atoms with Crippen molar-refractivity contribution in [3.05, 3.63) is 29.3 Å². The van der Waals surface area contributed by atoms with Crippen LogP contribution in [0.3, 0.4) is 0 Å². The molecule has 3 unspecified atom stereocenters. The number of aryl methyl sites for hydroxylation is 1. The maximum Gasteiger partial charge on any atom is 0.115 e. The highest BCUT2D eigenvalue weighted by Gasteiger charge is 2.28. The maximum absolute atomic E-state index is 9.72. The first kappa shape index (κ1) is 13.9. The van der Waals surface area contributed by atoms with E-state index in [1.807, 2.05) is 6.07 Å². The van der Waals surface area contributed by atoms with E-state index < -0.39 is 0 Å². The van der Waals surface area contributed by atoms with E-state index in [0.717, 1.165) is 26.0 Å². The molecule has 1 heterocycles. The fourth-order valence-electron chi connectivity index (χ4n) is 3.67. The highest BCUT2D eigenvalue weighted by molar-refractivity contribution is 5.38. The Hall–Kier alpha value is -1.06. The smallest absolute Gasteiger partial charge is 0.115 e. The van der Waals surface area contributed by atoms with Crippen LogP contribution in [0.4, 0.5) is 0 Å². The number of benzene rings is 1. The van der Waals surface area contributed by atoms with Gasteiger partial charge in [0.2, 0.25) is 0 Å². The van der Waals surface area contributed by atoms with Gasteiger partial charge in [0.15, 0.2) is 0 Å². The van der Waals surface area contributed by atoms with Crippen molar-refractivity contribution in [2.24, 2.45) is 5.92 Å². The van der Waals surface area contributed by atoms with Gasteiger partial charge in [-0.1, -0.05) is 13.0 Å². The number of nitrogens with one attached hydrogen (secondary N) is 1. The summed E-state index contributed by atoms with van der Waals surface area (Å²) in [6.07, 6.45) is 6.24. The summed E-state index contributed by atoms with van der Waals surface area (Å²) in [6.45, 7) is 4.14. The summed E-state index contributed by atoms with van der Waals surface area (Å²) in [4.78, 5) is 0. The van der Waals surface area contributed by atoms with E-state index in [1.165, 1.54) is 30.4 Å². The predicted molar refractivity (Wildman–Crippen MR) is 79.9 cm³/mol. The Bertz CT molecular complexity index is 460. The van der Waals surface area contributed by atoms with E-state index in [1.54, 1.807) is 6.07 Å². The van der Waals surface area contributed by atoms with Crippen LogP contribution < -0.4 is 5.32 Å². The first-order chi connectivity index (χ1) is 9.78. The number of hydrogen-bond acceptors (Lipinski definition) is 3. The normalized spacial score (nSPS) is 29.4. The standard InChI is InChI=1S/C17H25NO2/c1-2-17-13(8-9-20-17)11-18-16-5-3-4-12-6-7-14(19)10-15(12)16/h6-7,10,13,16-19H,2-5,8-9,11H2,1H3. The van der Waals surface area contributed by atoms with E-state index in [9.17, 15) is 5.11 Å². The lowest BCUT2D eigenvalue weighted by Crippen LogP contribution is -2.32. The lowest BCUT2D eigenvalue weighted by molar-refractivity contribution is 0.0864. The minimum atomic E-state index is 0.382. The predicted octanol–water partition coefficient (Wildman–Crippen LogP) is 3.17. The lowest BCUT2D eigenvalue weighted by atomic mass is 9.87. The number of aromatic hydroxyl groups is 1. The number of phenolic OH excluding ortho intramolecular Hbond substituents is 1. The van der Waals surface area contributed by atoms with Gasteiger partial charge in [0.25, 0.3) is 0 Å². The van der Waals surface area contributed by atoms with Gasteiger partial charge in [-0.15, -0.1) is 0 Å². The molecule has 0 aromatic heterocycles. The Balaban J connectivity index is 1.66.